The molecule has 2 aromatic carbocycles. The Balaban J connectivity index is 1.66. The molecule has 0 aromatic heterocycles. The van der Waals surface area contributed by atoms with Gasteiger partial charge >= 0.3 is 6.09 Å². The van der Waals surface area contributed by atoms with E-state index >= 15 is 0 Å². The highest BCUT2D eigenvalue weighted by atomic mass is 16.6. The van der Waals surface area contributed by atoms with Crippen molar-refractivity contribution >= 4 is 17.7 Å². The van der Waals surface area contributed by atoms with Crippen molar-refractivity contribution in [3.8, 4) is 5.75 Å². The summed E-state index contributed by atoms with van der Waals surface area (Å²) in [6, 6.07) is 13.1. The maximum Gasteiger partial charge on any atom is 0.407 e. The molecule has 2 aromatic rings. The zero-order valence-electron chi connectivity index (χ0n) is 17.5. The SMILES string of the molecule is COc1ccc2c(c1)CCCN2C(=O)c1ccc(CNC(=O)OC(C)(C)C)cc1. The van der Waals surface area contributed by atoms with Crippen LogP contribution >= 0.6 is 0 Å². The van der Waals surface area contributed by atoms with Crippen LogP contribution in [0.1, 0.15) is 48.7 Å². The number of anilines is 1. The highest BCUT2D eigenvalue weighted by Gasteiger charge is 2.24. The molecule has 0 unspecified atom stereocenters. The van der Waals surface area contributed by atoms with Crippen molar-refractivity contribution in [2.75, 3.05) is 18.6 Å². The number of fused-ring (bicyclic) bond motifs is 1. The molecule has 1 aliphatic heterocycles. The lowest BCUT2D eigenvalue weighted by Gasteiger charge is -2.30. The van der Waals surface area contributed by atoms with E-state index in [4.69, 9.17) is 9.47 Å². The number of aryl methyl sites for hydroxylation is 1. The average molecular weight is 396 g/mol. The number of hydrogen-bond acceptors (Lipinski definition) is 4. The van der Waals surface area contributed by atoms with Crippen LogP contribution in [0.4, 0.5) is 10.5 Å². The van der Waals surface area contributed by atoms with E-state index < -0.39 is 11.7 Å². The Bertz CT molecular complexity index is 885. The van der Waals surface area contributed by atoms with E-state index in [1.165, 1.54) is 0 Å². The highest BCUT2D eigenvalue weighted by Crippen LogP contribution is 2.31. The number of amides is 2. The monoisotopic (exact) mass is 396 g/mol. The number of methoxy groups -OCH3 is 1. The van der Waals surface area contributed by atoms with Crippen molar-refractivity contribution < 1.29 is 19.1 Å². The van der Waals surface area contributed by atoms with Crippen molar-refractivity contribution in [1.29, 1.82) is 0 Å². The van der Waals surface area contributed by atoms with Crippen LogP contribution in [0.5, 0.6) is 5.75 Å². The Morgan fingerprint density at radius 3 is 2.48 bits per heavy atom. The first-order chi connectivity index (χ1) is 13.8. The first-order valence-electron chi connectivity index (χ1n) is 9.81. The summed E-state index contributed by atoms with van der Waals surface area (Å²) in [6.07, 6.45) is 1.40. The summed E-state index contributed by atoms with van der Waals surface area (Å²) in [6.45, 7) is 6.50. The molecule has 0 saturated carbocycles. The van der Waals surface area contributed by atoms with Crippen molar-refractivity contribution in [2.24, 2.45) is 0 Å². The van der Waals surface area contributed by atoms with Crippen molar-refractivity contribution in [3.63, 3.8) is 0 Å². The van der Waals surface area contributed by atoms with E-state index in [1.807, 2.05) is 56.0 Å². The van der Waals surface area contributed by atoms with Gasteiger partial charge in [0.25, 0.3) is 5.91 Å². The number of carbonyl (C=O) groups excluding carboxylic acids is 2. The lowest BCUT2D eigenvalue weighted by Crippen LogP contribution is -2.35. The molecule has 3 rings (SSSR count). The maximum absolute atomic E-state index is 13.1. The van der Waals surface area contributed by atoms with E-state index in [0.29, 0.717) is 18.7 Å². The van der Waals surface area contributed by atoms with Crippen LogP contribution in [0.3, 0.4) is 0 Å². The minimum Gasteiger partial charge on any atom is -0.497 e. The predicted octanol–water partition coefficient (Wildman–Crippen LogP) is 4.31. The lowest BCUT2D eigenvalue weighted by molar-refractivity contribution is 0.0523. The molecular formula is C23H28N2O4. The first kappa shape index (κ1) is 20.7. The second-order valence-electron chi connectivity index (χ2n) is 8.11. The Hall–Kier alpha value is -3.02. The van der Waals surface area contributed by atoms with Gasteiger partial charge in [0.1, 0.15) is 11.4 Å². The van der Waals surface area contributed by atoms with Gasteiger partial charge in [-0.1, -0.05) is 12.1 Å². The average Bonchev–Trinajstić information content (AvgIpc) is 2.70. The van der Waals surface area contributed by atoms with Crippen LogP contribution in [-0.4, -0.2) is 31.3 Å². The van der Waals surface area contributed by atoms with Gasteiger partial charge in [-0.3, -0.25) is 4.79 Å². The molecule has 0 radical (unpaired) electrons. The summed E-state index contributed by atoms with van der Waals surface area (Å²) < 4.78 is 10.5. The van der Waals surface area contributed by atoms with Crippen LogP contribution < -0.4 is 15.0 Å². The van der Waals surface area contributed by atoms with Crippen LogP contribution in [0.2, 0.25) is 0 Å². The van der Waals surface area contributed by atoms with Gasteiger partial charge in [0.2, 0.25) is 0 Å². The molecule has 0 spiro atoms. The van der Waals surface area contributed by atoms with Gasteiger partial charge in [-0.05, 0) is 75.1 Å². The molecule has 1 heterocycles. The third-order valence-corrected chi connectivity index (χ3v) is 4.69. The molecule has 29 heavy (non-hydrogen) atoms. The Labute approximate surface area is 171 Å². The molecule has 1 N–H and O–H groups in total. The molecule has 0 aliphatic carbocycles. The summed E-state index contributed by atoms with van der Waals surface area (Å²) in [7, 11) is 1.65. The van der Waals surface area contributed by atoms with Gasteiger partial charge in [0, 0.05) is 24.3 Å². The number of carbonyl (C=O) groups is 2. The number of hydrogen-bond donors (Lipinski definition) is 1. The minimum atomic E-state index is -0.533. The fourth-order valence-corrected chi connectivity index (χ4v) is 3.32. The highest BCUT2D eigenvalue weighted by molar-refractivity contribution is 6.06. The Morgan fingerprint density at radius 2 is 1.83 bits per heavy atom. The van der Waals surface area contributed by atoms with Gasteiger partial charge in [0.15, 0.2) is 0 Å². The minimum absolute atomic E-state index is 0.0252. The predicted molar refractivity (Wildman–Crippen MR) is 113 cm³/mol. The maximum atomic E-state index is 13.1. The van der Waals surface area contributed by atoms with Crippen LogP contribution in [-0.2, 0) is 17.7 Å². The van der Waals surface area contributed by atoms with E-state index in [-0.39, 0.29) is 5.91 Å². The van der Waals surface area contributed by atoms with E-state index in [1.54, 1.807) is 19.2 Å². The number of nitrogens with zero attached hydrogens (tertiary/aromatic N) is 1. The molecule has 6 nitrogen and oxygen atoms in total. The zero-order valence-corrected chi connectivity index (χ0v) is 17.5. The van der Waals surface area contributed by atoms with E-state index in [2.05, 4.69) is 5.32 Å². The van der Waals surface area contributed by atoms with E-state index in [0.717, 1.165) is 35.4 Å². The standard InChI is InChI=1S/C23H28N2O4/c1-23(2,3)29-22(27)24-15-16-7-9-17(10-8-16)21(26)25-13-5-6-18-14-19(28-4)11-12-20(18)25/h7-12,14H,5-6,13,15H2,1-4H3,(H,24,27). The number of ether oxygens (including phenoxy) is 2. The number of benzene rings is 2. The lowest BCUT2D eigenvalue weighted by atomic mass is 10.00. The van der Waals surface area contributed by atoms with E-state index in [9.17, 15) is 9.59 Å². The molecule has 2 amide bonds. The number of rotatable bonds is 4. The van der Waals surface area contributed by atoms with Crippen LogP contribution in [0, 0.1) is 0 Å². The third kappa shape index (κ3) is 5.28. The second kappa shape index (κ2) is 8.55. The smallest absolute Gasteiger partial charge is 0.407 e. The number of alkyl carbamates (subject to hydrolysis) is 1. The quantitative estimate of drug-likeness (QED) is 0.836. The van der Waals surface area contributed by atoms with Crippen molar-refractivity contribution in [3.05, 3.63) is 59.2 Å². The summed E-state index contributed by atoms with van der Waals surface area (Å²) in [5, 5.41) is 2.72. The molecule has 0 atom stereocenters. The first-order valence-corrected chi connectivity index (χ1v) is 9.81. The van der Waals surface area contributed by atoms with Gasteiger partial charge < -0.3 is 19.7 Å². The van der Waals surface area contributed by atoms with Crippen molar-refractivity contribution in [1.82, 2.24) is 5.32 Å². The van der Waals surface area contributed by atoms with Crippen LogP contribution in [0.15, 0.2) is 42.5 Å². The summed E-state index contributed by atoms with van der Waals surface area (Å²) >= 11 is 0. The fraction of sp³-hybridized carbons (Fsp3) is 0.391. The van der Waals surface area contributed by atoms with Gasteiger partial charge in [-0.2, -0.15) is 0 Å². The normalized spacial score (nSPS) is 13.4. The summed E-state index contributed by atoms with van der Waals surface area (Å²) in [5.41, 5.74) is 3.06. The molecule has 1 aliphatic rings. The summed E-state index contributed by atoms with van der Waals surface area (Å²) in [4.78, 5) is 26.7. The molecule has 154 valence electrons. The molecular weight excluding hydrogens is 368 g/mol. The molecule has 0 saturated heterocycles. The van der Waals surface area contributed by atoms with Crippen molar-refractivity contribution in [2.45, 2.75) is 45.8 Å². The Morgan fingerprint density at radius 1 is 1.10 bits per heavy atom. The van der Waals surface area contributed by atoms with Gasteiger partial charge in [-0.25, -0.2) is 4.79 Å². The van der Waals surface area contributed by atoms with Gasteiger partial charge in [0.05, 0.1) is 7.11 Å². The summed E-state index contributed by atoms with van der Waals surface area (Å²) in [5.74, 6) is 0.780. The van der Waals surface area contributed by atoms with Gasteiger partial charge in [-0.15, -0.1) is 0 Å². The Kier molecular flexibility index (Phi) is 6.11. The molecule has 0 bridgehead atoms. The third-order valence-electron chi connectivity index (χ3n) is 4.69. The zero-order chi connectivity index (χ0) is 21.0. The number of nitrogens with one attached hydrogen (secondary N) is 1. The second-order valence-corrected chi connectivity index (χ2v) is 8.11. The fourth-order valence-electron chi connectivity index (χ4n) is 3.32. The molecule has 0 fully saturated rings. The largest absolute Gasteiger partial charge is 0.497 e. The molecule has 6 heteroatoms. The topological polar surface area (TPSA) is 67.9 Å². The van der Waals surface area contributed by atoms with Crippen LogP contribution in [0.25, 0.3) is 0 Å².